The lowest BCUT2D eigenvalue weighted by atomic mass is 10.0. The maximum atomic E-state index is 12.1. The highest BCUT2D eigenvalue weighted by molar-refractivity contribution is 5.96. The van der Waals surface area contributed by atoms with Crippen molar-refractivity contribution in [1.29, 1.82) is 0 Å². The standard InChI is InChI=1S/C17H25N3O4/c1-12(21)18-19-15(22)14-9-7-6-8-13(14)10-11-20(5)16(23)24-17(2,3)4/h6-9H,10-11H2,1-5H3,(H,18,21)(H,19,22). The fourth-order valence-electron chi connectivity index (χ4n) is 1.89. The summed E-state index contributed by atoms with van der Waals surface area (Å²) in [5.41, 5.74) is 5.26. The van der Waals surface area contributed by atoms with Gasteiger partial charge in [0.1, 0.15) is 5.60 Å². The Bertz CT molecular complexity index is 608. The summed E-state index contributed by atoms with van der Waals surface area (Å²) in [6, 6.07) is 7.04. The normalized spacial score (nSPS) is 10.7. The number of amides is 3. The molecule has 7 nitrogen and oxygen atoms in total. The molecule has 0 saturated heterocycles. The fourth-order valence-corrected chi connectivity index (χ4v) is 1.89. The monoisotopic (exact) mass is 335 g/mol. The van der Waals surface area contributed by atoms with E-state index < -0.39 is 17.6 Å². The number of hydrazine groups is 1. The third-order valence-corrected chi connectivity index (χ3v) is 3.04. The zero-order valence-electron chi connectivity index (χ0n) is 14.8. The van der Waals surface area contributed by atoms with Gasteiger partial charge in [0, 0.05) is 26.1 Å². The summed E-state index contributed by atoms with van der Waals surface area (Å²) < 4.78 is 5.29. The number of ether oxygens (including phenoxy) is 1. The molecule has 2 N–H and O–H groups in total. The molecule has 0 radical (unpaired) electrons. The predicted octanol–water partition coefficient (Wildman–Crippen LogP) is 1.88. The molecule has 0 spiro atoms. The number of hydrogen-bond donors (Lipinski definition) is 2. The minimum Gasteiger partial charge on any atom is -0.444 e. The minimum absolute atomic E-state index is 0.356. The lowest BCUT2D eigenvalue weighted by Gasteiger charge is -2.24. The molecule has 0 aromatic heterocycles. The Labute approximate surface area is 142 Å². The highest BCUT2D eigenvalue weighted by atomic mass is 16.6. The molecule has 132 valence electrons. The molecule has 3 amide bonds. The van der Waals surface area contributed by atoms with Crippen LogP contribution in [0.1, 0.15) is 43.6 Å². The summed E-state index contributed by atoms with van der Waals surface area (Å²) in [5, 5.41) is 0. The maximum Gasteiger partial charge on any atom is 0.410 e. The van der Waals surface area contributed by atoms with Gasteiger partial charge in [-0.3, -0.25) is 20.4 Å². The molecule has 1 rings (SSSR count). The first-order valence-electron chi connectivity index (χ1n) is 7.69. The number of rotatable bonds is 4. The van der Waals surface area contributed by atoms with E-state index in [1.165, 1.54) is 11.8 Å². The van der Waals surface area contributed by atoms with Crippen LogP contribution in [0.4, 0.5) is 4.79 Å². The van der Waals surface area contributed by atoms with Gasteiger partial charge in [-0.05, 0) is 38.8 Å². The average Bonchev–Trinajstić information content (AvgIpc) is 2.48. The number of nitrogens with zero attached hydrogens (tertiary/aromatic N) is 1. The van der Waals surface area contributed by atoms with Gasteiger partial charge in [0.05, 0.1) is 0 Å². The summed E-state index contributed by atoms with van der Waals surface area (Å²) in [5.74, 6) is -0.758. The zero-order chi connectivity index (χ0) is 18.3. The molecule has 0 aliphatic heterocycles. The number of carbonyl (C=O) groups is 3. The minimum atomic E-state index is -0.554. The maximum absolute atomic E-state index is 12.1. The van der Waals surface area contributed by atoms with Crippen molar-refractivity contribution in [2.24, 2.45) is 0 Å². The third-order valence-electron chi connectivity index (χ3n) is 3.04. The van der Waals surface area contributed by atoms with Crippen LogP contribution in [-0.4, -0.2) is 42.0 Å². The largest absolute Gasteiger partial charge is 0.444 e. The predicted molar refractivity (Wildman–Crippen MR) is 90.3 cm³/mol. The van der Waals surface area contributed by atoms with Crippen molar-refractivity contribution in [2.75, 3.05) is 13.6 Å². The van der Waals surface area contributed by atoms with E-state index in [-0.39, 0.29) is 5.91 Å². The lowest BCUT2D eigenvalue weighted by Crippen LogP contribution is -2.40. The number of likely N-dealkylation sites (N-methyl/N-ethyl adjacent to an activating group) is 1. The molecule has 24 heavy (non-hydrogen) atoms. The Morgan fingerprint density at radius 3 is 2.33 bits per heavy atom. The second kappa shape index (κ2) is 8.33. The SMILES string of the molecule is CC(=O)NNC(=O)c1ccccc1CCN(C)C(=O)OC(C)(C)C. The third kappa shape index (κ3) is 6.68. The highest BCUT2D eigenvalue weighted by Crippen LogP contribution is 2.12. The van der Waals surface area contributed by atoms with E-state index in [1.807, 2.05) is 12.1 Å². The first kappa shape index (κ1) is 19.5. The molecule has 0 unspecified atom stereocenters. The zero-order valence-corrected chi connectivity index (χ0v) is 14.8. The molecule has 0 aliphatic rings. The van der Waals surface area contributed by atoms with E-state index in [9.17, 15) is 14.4 Å². The van der Waals surface area contributed by atoms with Crippen LogP contribution in [0.25, 0.3) is 0 Å². The average molecular weight is 335 g/mol. The summed E-state index contributed by atoms with van der Waals surface area (Å²) in [4.78, 5) is 36.4. The van der Waals surface area contributed by atoms with Crippen molar-refractivity contribution in [2.45, 2.75) is 39.7 Å². The van der Waals surface area contributed by atoms with Crippen LogP contribution >= 0.6 is 0 Å². The van der Waals surface area contributed by atoms with Crippen molar-refractivity contribution >= 4 is 17.9 Å². The van der Waals surface area contributed by atoms with Crippen molar-refractivity contribution in [3.8, 4) is 0 Å². The van der Waals surface area contributed by atoms with Gasteiger partial charge in [-0.15, -0.1) is 0 Å². The van der Waals surface area contributed by atoms with Crippen LogP contribution in [0.15, 0.2) is 24.3 Å². The van der Waals surface area contributed by atoms with Gasteiger partial charge in [-0.25, -0.2) is 4.79 Å². The molecular weight excluding hydrogens is 310 g/mol. The Morgan fingerprint density at radius 1 is 1.12 bits per heavy atom. The smallest absolute Gasteiger partial charge is 0.410 e. The van der Waals surface area contributed by atoms with Gasteiger partial charge in [0.25, 0.3) is 5.91 Å². The Balaban J connectivity index is 2.70. The van der Waals surface area contributed by atoms with E-state index in [2.05, 4.69) is 10.9 Å². The lowest BCUT2D eigenvalue weighted by molar-refractivity contribution is -0.119. The topological polar surface area (TPSA) is 87.7 Å². The fraction of sp³-hybridized carbons (Fsp3) is 0.471. The van der Waals surface area contributed by atoms with Crippen LogP contribution in [0.2, 0.25) is 0 Å². The Kier molecular flexibility index (Phi) is 6.76. The first-order chi connectivity index (χ1) is 11.1. The number of carbonyl (C=O) groups excluding carboxylic acids is 3. The molecule has 0 heterocycles. The number of hydrogen-bond acceptors (Lipinski definition) is 4. The van der Waals surface area contributed by atoms with Gasteiger partial charge in [0.2, 0.25) is 5.91 Å². The van der Waals surface area contributed by atoms with Gasteiger partial charge >= 0.3 is 6.09 Å². The van der Waals surface area contributed by atoms with Gasteiger partial charge in [-0.1, -0.05) is 18.2 Å². The summed E-state index contributed by atoms with van der Waals surface area (Å²) >= 11 is 0. The van der Waals surface area contributed by atoms with Gasteiger partial charge in [-0.2, -0.15) is 0 Å². The Hall–Kier alpha value is -2.57. The van der Waals surface area contributed by atoms with Crippen LogP contribution in [0.3, 0.4) is 0 Å². The van der Waals surface area contributed by atoms with E-state index >= 15 is 0 Å². The summed E-state index contributed by atoms with van der Waals surface area (Å²) in [7, 11) is 1.65. The van der Waals surface area contributed by atoms with E-state index in [0.29, 0.717) is 18.5 Å². The van der Waals surface area contributed by atoms with Gasteiger partial charge in [0.15, 0.2) is 0 Å². The molecule has 0 fully saturated rings. The number of benzene rings is 1. The molecule has 0 saturated carbocycles. The molecule has 0 atom stereocenters. The van der Waals surface area contributed by atoms with Gasteiger partial charge < -0.3 is 9.64 Å². The summed E-state index contributed by atoms with van der Waals surface area (Å²) in [6.07, 6.45) is 0.0713. The Morgan fingerprint density at radius 2 is 1.75 bits per heavy atom. The van der Waals surface area contributed by atoms with E-state index in [4.69, 9.17) is 4.74 Å². The van der Waals surface area contributed by atoms with Crippen LogP contribution in [-0.2, 0) is 16.0 Å². The number of nitrogens with one attached hydrogen (secondary N) is 2. The van der Waals surface area contributed by atoms with Crippen molar-refractivity contribution < 1.29 is 19.1 Å². The molecule has 0 aliphatic carbocycles. The molecule has 1 aromatic rings. The molecular formula is C17H25N3O4. The highest BCUT2D eigenvalue weighted by Gasteiger charge is 2.20. The van der Waals surface area contributed by atoms with E-state index in [0.717, 1.165) is 5.56 Å². The molecule has 7 heteroatoms. The molecule has 1 aromatic carbocycles. The van der Waals surface area contributed by atoms with Crippen LogP contribution in [0, 0.1) is 0 Å². The van der Waals surface area contributed by atoms with Crippen LogP contribution < -0.4 is 10.9 Å². The first-order valence-corrected chi connectivity index (χ1v) is 7.69. The quantitative estimate of drug-likeness (QED) is 0.822. The second-order valence-corrected chi connectivity index (χ2v) is 6.44. The van der Waals surface area contributed by atoms with Crippen LogP contribution in [0.5, 0.6) is 0 Å². The summed E-state index contributed by atoms with van der Waals surface area (Å²) in [6.45, 7) is 7.13. The molecule has 0 bridgehead atoms. The second-order valence-electron chi connectivity index (χ2n) is 6.44. The van der Waals surface area contributed by atoms with E-state index in [1.54, 1.807) is 40.0 Å². The van der Waals surface area contributed by atoms with Crippen molar-refractivity contribution in [1.82, 2.24) is 15.8 Å². The van der Waals surface area contributed by atoms with Crippen molar-refractivity contribution in [3.05, 3.63) is 35.4 Å². The van der Waals surface area contributed by atoms with Crippen molar-refractivity contribution in [3.63, 3.8) is 0 Å².